The van der Waals surface area contributed by atoms with Crippen molar-refractivity contribution in [1.82, 2.24) is 14.9 Å². The first-order chi connectivity index (χ1) is 14.4. The number of likely N-dealkylation sites (tertiary alicyclic amines) is 1. The molecule has 156 valence electrons. The summed E-state index contributed by atoms with van der Waals surface area (Å²) < 4.78 is 55.1. The molecule has 0 amide bonds. The Balaban J connectivity index is 1.62. The number of piperidine rings is 1. The SMILES string of the molecule is Cc1ncc(-c2ccc(F)cc2)c(C2CCCN(Cc3c(F)ccc(F)c3F)C2)n1. The molecular weight excluding hydrogens is 394 g/mol. The fraction of sp³-hybridized carbons (Fsp3) is 0.304. The van der Waals surface area contributed by atoms with Crippen molar-refractivity contribution in [3.63, 3.8) is 0 Å². The van der Waals surface area contributed by atoms with Crippen LogP contribution >= 0.6 is 0 Å². The number of aryl methyl sites for hydroxylation is 1. The van der Waals surface area contributed by atoms with Crippen LogP contribution in [-0.4, -0.2) is 28.0 Å². The molecule has 4 rings (SSSR count). The molecule has 0 bridgehead atoms. The Kier molecular flexibility index (Phi) is 5.81. The molecule has 0 radical (unpaired) electrons. The Morgan fingerprint density at radius 3 is 2.50 bits per heavy atom. The lowest BCUT2D eigenvalue weighted by Crippen LogP contribution is -2.35. The van der Waals surface area contributed by atoms with Crippen LogP contribution in [0.4, 0.5) is 17.6 Å². The number of halogens is 4. The van der Waals surface area contributed by atoms with E-state index in [0.717, 1.165) is 41.8 Å². The molecule has 2 heterocycles. The van der Waals surface area contributed by atoms with Crippen molar-refractivity contribution in [1.29, 1.82) is 0 Å². The van der Waals surface area contributed by atoms with Crippen LogP contribution < -0.4 is 0 Å². The lowest BCUT2D eigenvalue weighted by Gasteiger charge is -2.33. The largest absolute Gasteiger partial charge is 0.298 e. The lowest BCUT2D eigenvalue weighted by molar-refractivity contribution is 0.193. The fourth-order valence-corrected chi connectivity index (χ4v) is 4.01. The molecule has 7 heteroatoms. The molecule has 1 unspecified atom stereocenters. The number of hydrogen-bond donors (Lipinski definition) is 0. The normalized spacial score (nSPS) is 17.3. The summed E-state index contributed by atoms with van der Waals surface area (Å²) in [4.78, 5) is 10.9. The van der Waals surface area contributed by atoms with E-state index in [0.29, 0.717) is 18.9 Å². The zero-order chi connectivity index (χ0) is 21.3. The molecule has 0 aliphatic carbocycles. The van der Waals surface area contributed by atoms with Gasteiger partial charge in [-0.05, 0) is 56.1 Å². The quantitative estimate of drug-likeness (QED) is 0.423. The highest BCUT2D eigenvalue weighted by atomic mass is 19.2. The second-order valence-corrected chi connectivity index (χ2v) is 7.62. The zero-order valence-corrected chi connectivity index (χ0v) is 16.5. The first-order valence-corrected chi connectivity index (χ1v) is 9.86. The van der Waals surface area contributed by atoms with Crippen molar-refractivity contribution in [3.05, 3.63) is 82.9 Å². The van der Waals surface area contributed by atoms with Crippen LogP contribution in [0.15, 0.2) is 42.6 Å². The summed E-state index contributed by atoms with van der Waals surface area (Å²) in [6.45, 7) is 2.97. The smallest absolute Gasteiger partial charge is 0.166 e. The molecule has 1 saturated heterocycles. The van der Waals surface area contributed by atoms with E-state index in [9.17, 15) is 17.6 Å². The van der Waals surface area contributed by atoms with E-state index in [-0.39, 0.29) is 23.8 Å². The molecule has 30 heavy (non-hydrogen) atoms. The molecular formula is C23H21F4N3. The molecule has 0 saturated carbocycles. The standard InChI is InChI=1S/C23H21F4N3/c1-14-28-11-18(15-4-6-17(24)7-5-15)23(29-14)16-3-2-10-30(12-16)13-19-20(25)8-9-21(26)22(19)27/h4-9,11,16H,2-3,10,12-13H2,1H3. The van der Waals surface area contributed by atoms with Gasteiger partial charge in [0.2, 0.25) is 0 Å². The van der Waals surface area contributed by atoms with Gasteiger partial charge in [0.05, 0.1) is 5.69 Å². The minimum absolute atomic E-state index is 0.0120. The predicted octanol–water partition coefficient (Wildman–Crippen LogP) is 5.39. The van der Waals surface area contributed by atoms with Gasteiger partial charge in [-0.3, -0.25) is 4.90 Å². The number of rotatable bonds is 4. The summed E-state index contributed by atoms with van der Waals surface area (Å²) in [5.41, 5.74) is 2.20. The zero-order valence-electron chi connectivity index (χ0n) is 16.5. The number of hydrogen-bond acceptors (Lipinski definition) is 3. The second-order valence-electron chi connectivity index (χ2n) is 7.62. The van der Waals surface area contributed by atoms with E-state index in [4.69, 9.17) is 0 Å². The maximum atomic E-state index is 14.1. The molecule has 3 aromatic rings. The third-order valence-electron chi connectivity index (χ3n) is 5.51. The van der Waals surface area contributed by atoms with Crippen molar-refractivity contribution >= 4 is 0 Å². The second kappa shape index (κ2) is 8.52. The van der Waals surface area contributed by atoms with Gasteiger partial charge in [-0.25, -0.2) is 27.5 Å². The summed E-state index contributed by atoms with van der Waals surface area (Å²) >= 11 is 0. The maximum absolute atomic E-state index is 14.1. The molecule has 1 aliphatic rings. The van der Waals surface area contributed by atoms with Gasteiger partial charge in [-0.1, -0.05) is 12.1 Å². The van der Waals surface area contributed by atoms with Crippen LogP contribution in [-0.2, 0) is 6.54 Å². The van der Waals surface area contributed by atoms with E-state index in [1.165, 1.54) is 12.1 Å². The van der Waals surface area contributed by atoms with E-state index in [1.54, 1.807) is 25.3 Å². The summed E-state index contributed by atoms with van der Waals surface area (Å²) in [7, 11) is 0. The Morgan fingerprint density at radius 1 is 1.00 bits per heavy atom. The van der Waals surface area contributed by atoms with E-state index in [1.807, 2.05) is 4.90 Å². The molecule has 2 aromatic carbocycles. The van der Waals surface area contributed by atoms with Crippen molar-refractivity contribution in [2.75, 3.05) is 13.1 Å². The van der Waals surface area contributed by atoms with Crippen molar-refractivity contribution in [3.8, 4) is 11.1 Å². The number of nitrogens with zero attached hydrogens (tertiary/aromatic N) is 3. The topological polar surface area (TPSA) is 29.0 Å². The van der Waals surface area contributed by atoms with Crippen LogP contribution in [0.5, 0.6) is 0 Å². The van der Waals surface area contributed by atoms with Crippen LogP contribution in [0.25, 0.3) is 11.1 Å². The molecule has 0 N–H and O–H groups in total. The van der Waals surface area contributed by atoms with Crippen LogP contribution in [0.2, 0.25) is 0 Å². The van der Waals surface area contributed by atoms with Gasteiger partial charge in [0, 0.05) is 36.3 Å². The van der Waals surface area contributed by atoms with Gasteiger partial charge in [0.25, 0.3) is 0 Å². The third kappa shape index (κ3) is 4.21. The van der Waals surface area contributed by atoms with Gasteiger partial charge >= 0.3 is 0 Å². The van der Waals surface area contributed by atoms with E-state index < -0.39 is 17.5 Å². The maximum Gasteiger partial charge on any atom is 0.166 e. The molecule has 1 aromatic heterocycles. The molecule has 1 atom stereocenters. The fourth-order valence-electron chi connectivity index (χ4n) is 4.01. The van der Waals surface area contributed by atoms with E-state index in [2.05, 4.69) is 9.97 Å². The highest BCUT2D eigenvalue weighted by molar-refractivity contribution is 5.65. The van der Waals surface area contributed by atoms with Gasteiger partial charge < -0.3 is 0 Å². The van der Waals surface area contributed by atoms with Crippen LogP contribution in [0, 0.1) is 30.2 Å². The summed E-state index contributed by atoms with van der Waals surface area (Å²) in [5, 5.41) is 0. The monoisotopic (exact) mass is 415 g/mol. The first kappa shape index (κ1) is 20.5. The summed E-state index contributed by atoms with van der Waals surface area (Å²) in [6.07, 6.45) is 3.40. The Hall–Kier alpha value is -2.80. The minimum Gasteiger partial charge on any atom is -0.298 e. The average molecular weight is 415 g/mol. The highest BCUT2D eigenvalue weighted by Crippen LogP contribution is 2.34. The third-order valence-corrected chi connectivity index (χ3v) is 5.51. The van der Waals surface area contributed by atoms with Gasteiger partial charge in [0.1, 0.15) is 17.5 Å². The van der Waals surface area contributed by atoms with Crippen LogP contribution in [0.3, 0.4) is 0 Å². The Bertz CT molecular complexity index is 1050. The lowest BCUT2D eigenvalue weighted by atomic mass is 9.89. The van der Waals surface area contributed by atoms with Crippen LogP contribution in [0.1, 0.15) is 35.8 Å². The molecule has 0 spiro atoms. The number of aromatic nitrogens is 2. The molecule has 1 fully saturated rings. The Labute approximate surface area is 172 Å². The summed E-state index contributed by atoms with van der Waals surface area (Å²) in [5.74, 6) is -2.63. The average Bonchev–Trinajstić information content (AvgIpc) is 2.75. The van der Waals surface area contributed by atoms with Crippen molar-refractivity contribution in [2.24, 2.45) is 0 Å². The summed E-state index contributed by atoms with van der Waals surface area (Å²) in [6, 6.07) is 7.90. The van der Waals surface area contributed by atoms with Crippen molar-refractivity contribution in [2.45, 2.75) is 32.2 Å². The van der Waals surface area contributed by atoms with Gasteiger partial charge in [0.15, 0.2) is 11.6 Å². The molecule has 1 aliphatic heterocycles. The van der Waals surface area contributed by atoms with E-state index >= 15 is 0 Å². The van der Waals surface area contributed by atoms with Gasteiger partial charge in [-0.15, -0.1) is 0 Å². The minimum atomic E-state index is -1.14. The Morgan fingerprint density at radius 2 is 1.73 bits per heavy atom. The van der Waals surface area contributed by atoms with Gasteiger partial charge in [-0.2, -0.15) is 0 Å². The molecule has 3 nitrogen and oxygen atoms in total. The predicted molar refractivity (Wildman–Crippen MR) is 106 cm³/mol. The highest BCUT2D eigenvalue weighted by Gasteiger charge is 2.27. The number of benzene rings is 2. The first-order valence-electron chi connectivity index (χ1n) is 9.86. The van der Waals surface area contributed by atoms with Crippen molar-refractivity contribution < 1.29 is 17.6 Å².